The van der Waals surface area contributed by atoms with Crippen molar-refractivity contribution in [1.29, 1.82) is 0 Å². The van der Waals surface area contributed by atoms with E-state index in [2.05, 4.69) is 10.3 Å². The van der Waals surface area contributed by atoms with Crippen molar-refractivity contribution in [2.24, 2.45) is 0 Å². The molecule has 1 aromatic heterocycles. The zero-order chi connectivity index (χ0) is 22.7. The molecule has 1 aliphatic rings. The summed E-state index contributed by atoms with van der Waals surface area (Å²) in [4.78, 5) is 43.4. The number of carbonyl (C=O) groups is 3. The summed E-state index contributed by atoms with van der Waals surface area (Å²) in [5, 5.41) is 2.88. The van der Waals surface area contributed by atoms with E-state index in [0.717, 1.165) is 5.56 Å². The number of imide groups is 1. The number of pyridine rings is 1. The summed E-state index contributed by atoms with van der Waals surface area (Å²) in [7, 11) is 0. The van der Waals surface area contributed by atoms with Crippen LogP contribution in [0.3, 0.4) is 0 Å². The molecule has 0 fully saturated rings. The topological polar surface area (TPSA) is 88.6 Å². The second kappa shape index (κ2) is 9.01. The standard InChI is InChI=1S/C25H23N3O4/c1-16(2)32-23-19(9-6-12-26-23)14-27-22(29)18-8-5-7-17(13-18)15-28-24(30)20-10-3-4-11-21(20)25(28)31/h3-13,16H,14-15H2,1-2H3,(H,27,29). The van der Waals surface area contributed by atoms with E-state index >= 15 is 0 Å². The number of nitrogens with one attached hydrogen (secondary N) is 1. The third kappa shape index (κ3) is 4.37. The molecular formula is C25H23N3O4. The summed E-state index contributed by atoms with van der Waals surface area (Å²) < 4.78 is 5.69. The predicted octanol–water partition coefficient (Wildman–Crippen LogP) is 3.60. The Morgan fingerprint density at radius 1 is 1.00 bits per heavy atom. The summed E-state index contributed by atoms with van der Waals surface area (Å²) in [5.74, 6) is -0.430. The number of rotatable bonds is 7. The maximum absolute atomic E-state index is 12.7. The molecule has 2 heterocycles. The van der Waals surface area contributed by atoms with Crippen LogP contribution in [0.2, 0.25) is 0 Å². The number of hydrogen-bond acceptors (Lipinski definition) is 5. The summed E-state index contributed by atoms with van der Waals surface area (Å²) in [5.41, 5.74) is 2.72. The maximum Gasteiger partial charge on any atom is 0.261 e. The van der Waals surface area contributed by atoms with Crippen molar-refractivity contribution in [2.45, 2.75) is 33.0 Å². The second-order valence-electron chi connectivity index (χ2n) is 7.76. The number of hydrogen-bond donors (Lipinski definition) is 1. The lowest BCUT2D eigenvalue weighted by atomic mass is 10.1. The maximum atomic E-state index is 12.7. The van der Waals surface area contributed by atoms with Crippen LogP contribution in [-0.4, -0.2) is 33.7 Å². The molecule has 7 heteroatoms. The molecule has 1 N–H and O–H groups in total. The summed E-state index contributed by atoms with van der Waals surface area (Å²) in [6.07, 6.45) is 1.62. The Morgan fingerprint density at radius 3 is 2.41 bits per heavy atom. The summed E-state index contributed by atoms with van der Waals surface area (Å²) in [6.45, 7) is 4.19. The van der Waals surface area contributed by atoms with Gasteiger partial charge in [-0.2, -0.15) is 0 Å². The Morgan fingerprint density at radius 2 is 1.72 bits per heavy atom. The number of fused-ring (bicyclic) bond motifs is 1. The summed E-state index contributed by atoms with van der Waals surface area (Å²) in [6, 6.07) is 17.3. The molecule has 2 aromatic carbocycles. The monoisotopic (exact) mass is 429 g/mol. The van der Waals surface area contributed by atoms with Gasteiger partial charge >= 0.3 is 0 Å². The lowest BCUT2D eigenvalue weighted by Gasteiger charge is -2.15. The number of nitrogens with zero attached hydrogens (tertiary/aromatic N) is 2. The fourth-order valence-corrected chi connectivity index (χ4v) is 3.54. The van der Waals surface area contributed by atoms with Gasteiger partial charge in [-0.05, 0) is 49.7 Å². The molecule has 0 atom stereocenters. The normalized spacial score (nSPS) is 12.8. The van der Waals surface area contributed by atoms with Crippen molar-refractivity contribution in [3.8, 4) is 5.88 Å². The number of ether oxygens (including phenoxy) is 1. The van der Waals surface area contributed by atoms with Crippen LogP contribution >= 0.6 is 0 Å². The quantitative estimate of drug-likeness (QED) is 0.580. The zero-order valence-electron chi connectivity index (χ0n) is 17.9. The van der Waals surface area contributed by atoms with Crippen molar-refractivity contribution in [3.05, 3.63) is 94.7 Å². The second-order valence-corrected chi connectivity index (χ2v) is 7.76. The van der Waals surface area contributed by atoms with Crippen molar-refractivity contribution in [1.82, 2.24) is 15.2 Å². The van der Waals surface area contributed by atoms with Gasteiger partial charge in [0.15, 0.2) is 0 Å². The lowest BCUT2D eigenvalue weighted by molar-refractivity contribution is 0.0642. The van der Waals surface area contributed by atoms with E-state index < -0.39 is 0 Å². The van der Waals surface area contributed by atoms with Crippen LogP contribution in [0, 0.1) is 0 Å². The molecule has 3 amide bonds. The van der Waals surface area contributed by atoms with E-state index in [1.165, 1.54) is 4.90 Å². The van der Waals surface area contributed by atoms with E-state index in [1.807, 2.05) is 19.9 Å². The van der Waals surface area contributed by atoms with E-state index in [4.69, 9.17) is 4.74 Å². The fraction of sp³-hybridized carbons (Fsp3) is 0.200. The van der Waals surface area contributed by atoms with Gasteiger partial charge in [0.05, 0.1) is 23.8 Å². The number of benzene rings is 2. The van der Waals surface area contributed by atoms with Gasteiger partial charge in [-0.25, -0.2) is 4.98 Å². The van der Waals surface area contributed by atoms with Gasteiger partial charge in [-0.3, -0.25) is 19.3 Å². The van der Waals surface area contributed by atoms with Gasteiger partial charge in [0.2, 0.25) is 5.88 Å². The Bertz CT molecular complexity index is 1150. The van der Waals surface area contributed by atoms with Crippen LogP contribution in [0.4, 0.5) is 0 Å². The van der Waals surface area contributed by atoms with Gasteiger partial charge in [-0.1, -0.05) is 30.3 Å². The number of aromatic nitrogens is 1. The molecule has 32 heavy (non-hydrogen) atoms. The highest BCUT2D eigenvalue weighted by atomic mass is 16.5. The van der Waals surface area contributed by atoms with Gasteiger partial charge in [0.25, 0.3) is 17.7 Å². The highest BCUT2D eigenvalue weighted by Gasteiger charge is 2.35. The molecular weight excluding hydrogens is 406 g/mol. The van der Waals surface area contributed by atoms with Crippen molar-refractivity contribution >= 4 is 17.7 Å². The first kappa shape index (κ1) is 21.2. The molecule has 0 aliphatic carbocycles. The first-order valence-corrected chi connectivity index (χ1v) is 10.4. The van der Waals surface area contributed by atoms with Crippen LogP contribution < -0.4 is 10.1 Å². The Labute approximate surface area is 186 Å². The van der Waals surface area contributed by atoms with Crippen LogP contribution in [0.1, 0.15) is 56.0 Å². The van der Waals surface area contributed by atoms with Crippen molar-refractivity contribution in [3.63, 3.8) is 0 Å². The first-order valence-electron chi connectivity index (χ1n) is 10.4. The fourth-order valence-electron chi connectivity index (χ4n) is 3.54. The first-order chi connectivity index (χ1) is 15.4. The average molecular weight is 429 g/mol. The zero-order valence-corrected chi connectivity index (χ0v) is 17.9. The predicted molar refractivity (Wildman–Crippen MR) is 118 cm³/mol. The minimum Gasteiger partial charge on any atom is -0.475 e. The average Bonchev–Trinajstić information content (AvgIpc) is 3.03. The Balaban J connectivity index is 1.44. The molecule has 0 saturated heterocycles. The molecule has 0 unspecified atom stereocenters. The van der Waals surface area contributed by atoms with Gasteiger partial charge in [-0.15, -0.1) is 0 Å². The van der Waals surface area contributed by atoms with Crippen LogP contribution in [0.5, 0.6) is 5.88 Å². The van der Waals surface area contributed by atoms with Crippen LogP contribution in [0.25, 0.3) is 0 Å². The van der Waals surface area contributed by atoms with E-state index in [9.17, 15) is 14.4 Å². The summed E-state index contributed by atoms with van der Waals surface area (Å²) >= 11 is 0. The Kier molecular flexibility index (Phi) is 5.98. The SMILES string of the molecule is CC(C)Oc1ncccc1CNC(=O)c1cccc(CN2C(=O)c3ccccc3C2=O)c1. The largest absolute Gasteiger partial charge is 0.475 e. The minimum atomic E-state index is -0.324. The van der Waals surface area contributed by atoms with Gasteiger partial charge < -0.3 is 10.1 Å². The third-order valence-electron chi connectivity index (χ3n) is 5.04. The highest BCUT2D eigenvalue weighted by Crippen LogP contribution is 2.24. The van der Waals surface area contributed by atoms with Crippen LogP contribution in [-0.2, 0) is 13.1 Å². The highest BCUT2D eigenvalue weighted by molar-refractivity contribution is 6.21. The molecule has 4 rings (SSSR count). The van der Waals surface area contributed by atoms with Crippen molar-refractivity contribution in [2.75, 3.05) is 0 Å². The Hall–Kier alpha value is -4.00. The molecule has 0 spiro atoms. The van der Waals surface area contributed by atoms with E-state index in [0.29, 0.717) is 28.1 Å². The molecule has 0 radical (unpaired) electrons. The van der Waals surface area contributed by atoms with E-state index in [1.54, 1.807) is 60.8 Å². The third-order valence-corrected chi connectivity index (χ3v) is 5.04. The molecule has 1 aliphatic heterocycles. The molecule has 162 valence electrons. The molecule has 3 aromatic rings. The van der Waals surface area contributed by atoms with Gasteiger partial charge in [0.1, 0.15) is 0 Å². The van der Waals surface area contributed by atoms with Crippen molar-refractivity contribution < 1.29 is 19.1 Å². The molecule has 7 nitrogen and oxygen atoms in total. The number of amides is 3. The molecule has 0 bridgehead atoms. The van der Waals surface area contributed by atoms with Gasteiger partial charge in [0, 0.05) is 23.9 Å². The number of carbonyl (C=O) groups excluding carboxylic acids is 3. The van der Waals surface area contributed by atoms with Crippen LogP contribution in [0.15, 0.2) is 66.9 Å². The smallest absolute Gasteiger partial charge is 0.261 e. The molecule has 0 saturated carbocycles. The minimum absolute atomic E-state index is 0.0295. The lowest BCUT2D eigenvalue weighted by Crippen LogP contribution is -2.29. The van der Waals surface area contributed by atoms with E-state index in [-0.39, 0.29) is 36.9 Å².